The van der Waals surface area contributed by atoms with E-state index in [1.165, 1.54) is 0 Å². The summed E-state index contributed by atoms with van der Waals surface area (Å²) >= 11 is 0. The lowest BCUT2D eigenvalue weighted by molar-refractivity contribution is -0.147. The molecule has 0 aromatic heterocycles. The van der Waals surface area contributed by atoms with Crippen molar-refractivity contribution in [1.29, 1.82) is 0 Å². The van der Waals surface area contributed by atoms with Gasteiger partial charge in [0.15, 0.2) is 0 Å². The van der Waals surface area contributed by atoms with Gasteiger partial charge in [-0.15, -0.1) is 6.58 Å². The normalized spacial score (nSPS) is 22.9. The van der Waals surface area contributed by atoms with E-state index >= 15 is 0 Å². The lowest BCUT2D eigenvalue weighted by Crippen LogP contribution is -2.53. The highest BCUT2D eigenvalue weighted by Gasteiger charge is 2.37. The van der Waals surface area contributed by atoms with Gasteiger partial charge in [-0.05, 0) is 6.42 Å². The Labute approximate surface area is 125 Å². The minimum Gasteiger partial charge on any atom is -0.339 e. The number of carbonyl (C=O) groups excluding carboxylic acids is 3. The van der Waals surface area contributed by atoms with Gasteiger partial charge < -0.3 is 14.7 Å². The van der Waals surface area contributed by atoms with Gasteiger partial charge in [0, 0.05) is 39.1 Å². The fourth-order valence-corrected chi connectivity index (χ4v) is 2.93. The quantitative estimate of drug-likeness (QED) is 0.676. The molecule has 0 spiro atoms. The molecule has 2 aliphatic heterocycles. The highest BCUT2D eigenvalue weighted by Crippen LogP contribution is 2.21. The monoisotopic (exact) mass is 293 g/mol. The van der Waals surface area contributed by atoms with Crippen molar-refractivity contribution in [2.24, 2.45) is 5.92 Å². The van der Waals surface area contributed by atoms with E-state index in [1.54, 1.807) is 20.8 Å². The van der Waals surface area contributed by atoms with E-state index in [2.05, 4.69) is 6.58 Å². The molecular formula is C15H23N3O3. The van der Waals surface area contributed by atoms with Gasteiger partial charge in [0.1, 0.15) is 0 Å². The molecule has 2 rings (SSSR count). The summed E-state index contributed by atoms with van der Waals surface area (Å²) in [5.41, 5.74) is 0. The summed E-state index contributed by atoms with van der Waals surface area (Å²) in [4.78, 5) is 41.3. The summed E-state index contributed by atoms with van der Waals surface area (Å²) in [5, 5.41) is 0. The molecule has 0 bridgehead atoms. The van der Waals surface area contributed by atoms with Gasteiger partial charge in [0.25, 0.3) is 0 Å². The lowest BCUT2D eigenvalue weighted by atomic mass is 10.1. The van der Waals surface area contributed by atoms with Crippen molar-refractivity contribution in [2.45, 2.75) is 19.8 Å². The van der Waals surface area contributed by atoms with E-state index in [0.717, 1.165) is 13.0 Å². The van der Waals surface area contributed by atoms with Crippen LogP contribution in [0.15, 0.2) is 12.7 Å². The van der Waals surface area contributed by atoms with Crippen LogP contribution in [-0.4, -0.2) is 71.7 Å². The molecule has 2 aliphatic rings. The largest absolute Gasteiger partial charge is 0.339 e. The summed E-state index contributed by atoms with van der Waals surface area (Å²) in [6, 6.07) is 0. The zero-order valence-corrected chi connectivity index (χ0v) is 12.6. The predicted molar refractivity (Wildman–Crippen MR) is 78.3 cm³/mol. The van der Waals surface area contributed by atoms with Gasteiger partial charge in [0.2, 0.25) is 17.7 Å². The van der Waals surface area contributed by atoms with Crippen LogP contribution in [0.1, 0.15) is 19.8 Å². The molecule has 2 fully saturated rings. The number of hydrogen-bond acceptors (Lipinski definition) is 3. The van der Waals surface area contributed by atoms with Gasteiger partial charge in [-0.25, -0.2) is 0 Å². The molecule has 6 heteroatoms. The zero-order chi connectivity index (χ0) is 15.4. The molecule has 2 heterocycles. The molecule has 0 aromatic rings. The van der Waals surface area contributed by atoms with Crippen LogP contribution in [0.4, 0.5) is 0 Å². The fraction of sp³-hybridized carbons (Fsp3) is 0.667. The molecule has 0 aromatic carbocycles. The number of likely N-dealkylation sites (tertiary alicyclic amines) is 1. The van der Waals surface area contributed by atoms with Crippen molar-refractivity contribution >= 4 is 17.7 Å². The van der Waals surface area contributed by atoms with Crippen molar-refractivity contribution in [3.63, 3.8) is 0 Å². The van der Waals surface area contributed by atoms with Crippen LogP contribution in [0, 0.1) is 5.92 Å². The van der Waals surface area contributed by atoms with E-state index in [4.69, 9.17) is 0 Å². The molecule has 0 aliphatic carbocycles. The van der Waals surface area contributed by atoms with E-state index in [-0.39, 0.29) is 36.6 Å². The Morgan fingerprint density at radius 1 is 1.29 bits per heavy atom. The molecule has 0 N–H and O–H groups in total. The first kappa shape index (κ1) is 15.5. The molecule has 0 radical (unpaired) electrons. The zero-order valence-electron chi connectivity index (χ0n) is 12.6. The van der Waals surface area contributed by atoms with Crippen molar-refractivity contribution in [3.8, 4) is 0 Å². The summed E-state index contributed by atoms with van der Waals surface area (Å²) in [5.74, 6) is -0.393. The van der Waals surface area contributed by atoms with Crippen molar-refractivity contribution in [2.75, 3.05) is 39.3 Å². The first-order valence-electron chi connectivity index (χ1n) is 7.52. The molecule has 0 unspecified atom stereocenters. The molecule has 0 saturated carbocycles. The number of carbonyl (C=O) groups is 3. The topological polar surface area (TPSA) is 60.9 Å². The second-order valence-electron chi connectivity index (χ2n) is 5.63. The third-order valence-corrected chi connectivity index (χ3v) is 4.04. The summed E-state index contributed by atoms with van der Waals surface area (Å²) in [7, 11) is 0. The number of hydrogen-bond donors (Lipinski definition) is 0. The van der Waals surface area contributed by atoms with Crippen LogP contribution in [0.5, 0.6) is 0 Å². The Morgan fingerprint density at radius 2 is 2.05 bits per heavy atom. The Bertz CT molecular complexity index is 449. The molecule has 6 nitrogen and oxygen atoms in total. The highest BCUT2D eigenvalue weighted by molar-refractivity contribution is 5.92. The number of amides is 3. The maximum Gasteiger partial charge on any atom is 0.242 e. The standard InChI is InChI=1S/C15H23N3O3/c1-3-5-16-7-8-18(11-14(16)20)15(21)12-9-13(19)17(10-12)6-4-2/h4,12H,2-3,5-11H2,1H3/t12-/m0/s1. The first-order valence-corrected chi connectivity index (χ1v) is 7.52. The van der Waals surface area contributed by atoms with Gasteiger partial charge in [-0.3, -0.25) is 14.4 Å². The third kappa shape index (κ3) is 3.43. The SMILES string of the molecule is C=CCN1C[C@@H](C(=O)N2CCN(CCC)C(=O)C2)CC1=O. The van der Waals surface area contributed by atoms with Crippen LogP contribution in [0.3, 0.4) is 0 Å². The van der Waals surface area contributed by atoms with E-state index < -0.39 is 0 Å². The number of nitrogens with zero attached hydrogens (tertiary/aromatic N) is 3. The lowest BCUT2D eigenvalue weighted by Gasteiger charge is -2.35. The van der Waals surface area contributed by atoms with Crippen LogP contribution < -0.4 is 0 Å². The Morgan fingerprint density at radius 3 is 2.67 bits per heavy atom. The van der Waals surface area contributed by atoms with Crippen LogP contribution in [0.2, 0.25) is 0 Å². The Balaban J connectivity index is 1.91. The van der Waals surface area contributed by atoms with E-state index in [0.29, 0.717) is 26.2 Å². The first-order chi connectivity index (χ1) is 10.1. The average Bonchev–Trinajstić information content (AvgIpc) is 2.82. The smallest absolute Gasteiger partial charge is 0.242 e. The second-order valence-corrected chi connectivity index (χ2v) is 5.63. The molecule has 3 amide bonds. The fourth-order valence-electron chi connectivity index (χ4n) is 2.93. The van der Waals surface area contributed by atoms with Crippen molar-refractivity contribution < 1.29 is 14.4 Å². The molecule has 1 atom stereocenters. The van der Waals surface area contributed by atoms with Crippen LogP contribution >= 0.6 is 0 Å². The summed E-state index contributed by atoms with van der Waals surface area (Å²) < 4.78 is 0. The van der Waals surface area contributed by atoms with E-state index in [1.807, 2.05) is 6.92 Å². The molecule has 116 valence electrons. The predicted octanol–water partition coefficient (Wildman–Crippen LogP) is 0.102. The number of rotatable bonds is 5. The van der Waals surface area contributed by atoms with Gasteiger partial charge in [-0.1, -0.05) is 13.0 Å². The number of piperazine rings is 1. The minimum absolute atomic E-state index is 0.00345. The van der Waals surface area contributed by atoms with Gasteiger partial charge >= 0.3 is 0 Å². The third-order valence-electron chi connectivity index (χ3n) is 4.04. The Hall–Kier alpha value is -1.85. The summed E-state index contributed by atoms with van der Waals surface area (Å²) in [6.45, 7) is 8.61. The molecule has 21 heavy (non-hydrogen) atoms. The Kier molecular flexibility index (Phi) is 4.98. The van der Waals surface area contributed by atoms with Crippen LogP contribution in [0.25, 0.3) is 0 Å². The van der Waals surface area contributed by atoms with Crippen LogP contribution in [-0.2, 0) is 14.4 Å². The van der Waals surface area contributed by atoms with Crippen molar-refractivity contribution in [3.05, 3.63) is 12.7 Å². The molecular weight excluding hydrogens is 270 g/mol. The highest BCUT2D eigenvalue weighted by atomic mass is 16.2. The minimum atomic E-state index is -0.317. The second kappa shape index (κ2) is 6.74. The van der Waals surface area contributed by atoms with Gasteiger partial charge in [-0.2, -0.15) is 0 Å². The summed E-state index contributed by atoms with van der Waals surface area (Å²) in [6.07, 6.45) is 2.83. The maximum atomic E-state index is 12.5. The van der Waals surface area contributed by atoms with Crippen molar-refractivity contribution in [1.82, 2.24) is 14.7 Å². The average molecular weight is 293 g/mol. The molecule has 2 saturated heterocycles. The van der Waals surface area contributed by atoms with E-state index in [9.17, 15) is 14.4 Å². The van der Waals surface area contributed by atoms with Gasteiger partial charge in [0.05, 0.1) is 12.5 Å². The maximum absolute atomic E-state index is 12.5.